The Morgan fingerprint density at radius 1 is 0.889 bits per heavy atom. The van der Waals surface area contributed by atoms with Gasteiger partial charge in [0.1, 0.15) is 19.0 Å². The minimum Gasteiger partial charge on any atom is -0.493 e. The maximum atomic E-state index is 11.8. The van der Waals surface area contributed by atoms with E-state index in [1.807, 2.05) is 13.0 Å². The molecule has 0 aliphatic rings. The summed E-state index contributed by atoms with van der Waals surface area (Å²) in [5.41, 5.74) is 10.1. The number of carbonyl (C=O) groups excluding carboxylic acids is 3. The highest BCUT2D eigenvalue weighted by molar-refractivity contribution is 5.75. The normalized spacial score (nSPS) is 11.1. The van der Waals surface area contributed by atoms with Gasteiger partial charge in [-0.05, 0) is 73.1 Å². The zero-order valence-corrected chi connectivity index (χ0v) is 22.1. The van der Waals surface area contributed by atoms with Crippen LogP contribution in [0.4, 0.5) is 0 Å². The average Bonchev–Trinajstić information content (AvgIpc) is 2.81. The van der Waals surface area contributed by atoms with Crippen molar-refractivity contribution in [1.29, 1.82) is 0 Å². The predicted molar refractivity (Wildman–Crippen MR) is 140 cm³/mol. The zero-order valence-electron chi connectivity index (χ0n) is 22.1. The number of benzene rings is 2. The summed E-state index contributed by atoms with van der Waals surface area (Å²) in [6.07, 6.45) is 3.13. The van der Waals surface area contributed by atoms with Crippen molar-refractivity contribution in [2.24, 2.45) is 11.1 Å². The number of amides is 1. The summed E-state index contributed by atoms with van der Waals surface area (Å²) in [5.74, 6) is -0.570. The molecule has 2 aromatic carbocycles. The van der Waals surface area contributed by atoms with E-state index in [-0.39, 0.29) is 19.6 Å². The van der Waals surface area contributed by atoms with Crippen LogP contribution in [0.2, 0.25) is 0 Å². The SMILES string of the molecule is CCCCOc1ccc(-c2ccc(CCC(COC(C)=O)(COC(C)=O)CC(N)=O)c(C)c2)cc1C. The van der Waals surface area contributed by atoms with Gasteiger partial charge >= 0.3 is 11.9 Å². The minimum atomic E-state index is -0.890. The van der Waals surface area contributed by atoms with E-state index in [0.29, 0.717) is 12.8 Å². The molecule has 0 radical (unpaired) electrons. The van der Waals surface area contributed by atoms with E-state index in [9.17, 15) is 14.4 Å². The van der Waals surface area contributed by atoms with Crippen molar-refractivity contribution in [2.45, 2.75) is 66.7 Å². The average molecular weight is 498 g/mol. The van der Waals surface area contributed by atoms with Crippen molar-refractivity contribution in [3.63, 3.8) is 0 Å². The Bertz CT molecular complexity index is 1040. The quantitative estimate of drug-likeness (QED) is 0.289. The molecular formula is C29H39NO6. The Morgan fingerprint density at radius 2 is 1.47 bits per heavy atom. The Balaban J connectivity index is 2.21. The second-order valence-corrected chi connectivity index (χ2v) is 9.53. The van der Waals surface area contributed by atoms with Gasteiger partial charge < -0.3 is 19.9 Å². The van der Waals surface area contributed by atoms with Gasteiger partial charge in [-0.2, -0.15) is 0 Å². The van der Waals surface area contributed by atoms with Crippen molar-refractivity contribution in [1.82, 2.24) is 0 Å². The molecule has 0 bridgehead atoms. The zero-order chi connectivity index (χ0) is 26.7. The molecule has 2 aromatic rings. The van der Waals surface area contributed by atoms with Crippen LogP contribution in [-0.4, -0.2) is 37.7 Å². The number of rotatable bonds is 14. The van der Waals surface area contributed by atoms with Crippen LogP contribution in [0.15, 0.2) is 36.4 Å². The standard InChI is InChI=1S/C29H39NO6/c1-6-7-14-34-27-11-10-26(16-21(27)3)25-9-8-24(20(2)15-25)12-13-29(17-28(30)33,18-35-22(4)31)19-36-23(5)32/h8-11,15-16H,6-7,12-14,17-19H2,1-5H3,(H2,30,33). The topological polar surface area (TPSA) is 105 Å². The van der Waals surface area contributed by atoms with Crippen molar-refractivity contribution in [2.75, 3.05) is 19.8 Å². The van der Waals surface area contributed by atoms with E-state index >= 15 is 0 Å². The van der Waals surface area contributed by atoms with Gasteiger partial charge in [0.2, 0.25) is 5.91 Å². The smallest absolute Gasteiger partial charge is 0.302 e. The number of ether oxygens (including phenoxy) is 3. The van der Waals surface area contributed by atoms with Gasteiger partial charge in [0, 0.05) is 25.7 Å². The third-order valence-corrected chi connectivity index (χ3v) is 6.24. The molecule has 0 aromatic heterocycles. The summed E-state index contributed by atoms with van der Waals surface area (Å²) < 4.78 is 16.4. The summed E-state index contributed by atoms with van der Waals surface area (Å²) in [5, 5.41) is 0. The molecule has 0 spiro atoms. The van der Waals surface area contributed by atoms with Crippen LogP contribution >= 0.6 is 0 Å². The highest BCUT2D eigenvalue weighted by Crippen LogP contribution is 2.32. The Hall–Kier alpha value is -3.35. The molecule has 36 heavy (non-hydrogen) atoms. The number of aryl methyl sites for hydroxylation is 3. The van der Waals surface area contributed by atoms with Crippen molar-refractivity contribution in [3.05, 3.63) is 53.1 Å². The molecule has 0 unspecified atom stereocenters. The molecule has 2 N–H and O–H groups in total. The lowest BCUT2D eigenvalue weighted by Crippen LogP contribution is -2.38. The van der Waals surface area contributed by atoms with Gasteiger partial charge in [-0.1, -0.05) is 37.6 Å². The summed E-state index contributed by atoms with van der Waals surface area (Å²) in [6, 6.07) is 12.5. The maximum Gasteiger partial charge on any atom is 0.302 e. The molecule has 0 saturated heterocycles. The fourth-order valence-electron chi connectivity index (χ4n) is 4.13. The number of hydrogen-bond donors (Lipinski definition) is 1. The maximum absolute atomic E-state index is 11.8. The third kappa shape index (κ3) is 9.02. The first kappa shape index (κ1) is 28.9. The van der Waals surface area contributed by atoms with E-state index in [1.54, 1.807) is 0 Å². The largest absolute Gasteiger partial charge is 0.493 e. The van der Waals surface area contributed by atoms with Gasteiger partial charge in [0.05, 0.1) is 6.61 Å². The van der Waals surface area contributed by atoms with Gasteiger partial charge in [-0.15, -0.1) is 0 Å². The van der Waals surface area contributed by atoms with Crippen LogP contribution in [-0.2, 0) is 30.3 Å². The van der Waals surface area contributed by atoms with Gasteiger partial charge in [0.25, 0.3) is 0 Å². The van der Waals surface area contributed by atoms with E-state index < -0.39 is 23.3 Å². The van der Waals surface area contributed by atoms with Gasteiger partial charge in [-0.25, -0.2) is 0 Å². The molecule has 0 saturated carbocycles. The number of nitrogens with two attached hydrogens (primary N) is 1. The lowest BCUT2D eigenvalue weighted by Gasteiger charge is -2.31. The molecule has 0 aliphatic carbocycles. The van der Waals surface area contributed by atoms with E-state index in [0.717, 1.165) is 53.0 Å². The number of unbranched alkanes of at least 4 members (excludes halogenated alkanes) is 1. The van der Waals surface area contributed by atoms with Crippen LogP contribution in [0.3, 0.4) is 0 Å². The molecule has 2 rings (SSSR count). The summed E-state index contributed by atoms with van der Waals surface area (Å²) >= 11 is 0. The van der Waals surface area contributed by atoms with Crippen molar-refractivity contribution < 1.29 is 28.6 Å². The monoisotopic (exact) mass is 497 g/mol. The summed E-state index contributed by atoms with van der Waals surface area (Å²) in [4.78, 5) is 34.8. The Labute approximate surface area is 214 Å². The number of hydrogen-bond acceptors (Lipinski definition) is 6. The predicted octanol–water partition coefficient (Wildman–Crippen LogP) is 5.07. The highest BCUT2D eigenvalue weighted by Gasteiger charge is 2.35. The number of carbonyl (C=O) groups is 3. The second-order valence-electron chi connectivity index (χ2n) is 9.53. The first-order chi connectivity index (χ1) is 17.0. The molecule has 196 valence electrons. The summed E-state index contributed by atoms with van der Waals surface area (Å²) in [7, 11) is 0. The molecule has 7 nitrogen and oxygen atoms in total. The van der Waals surface area contributed by atoms with Crippen molar-refractivity contribution >= 4 is 17.8 Å². The van der Waals surface area contributed by atoms with Crippen LogP contribution < -0.4 is 10.5 Å². The molecule has 1 amide bonds. The molecular weight excluding hydrogens is 458 g/mol. The number of esters is 2. The second kappa shape index (κ2) is 13.7. The van der Waals surface area contributed by atoms with Gasteiger partial charge in [-0.3, -0.25) is 14.4 Å². The minimum absolute atomic E-state index is 0.0539. The lowest BCUT2D eigenvalue weighted by molar-refractivity contribution is -0.154. The molecule has 0 fully saturated rings. The van der Waals surface area contributed by atoms with Crippen LogP contribution in [0, 0.1) is 19.3 Å². The lowest BCUT2D eigenvalue weighted by atomic mass is 9.79. The van der Waals surface area contributed by atoms with Gasteiger partial charge in [0.15, 0.2) is 0 Å². The first-order valence-electron chi connectivity index (χ1n) is 12.4. The first-order valence-corrected chi connectivity index (χ1v) is 12.4. The van der Waals surface area contributed by atoms with Crippen LogP contribution in [0.5, 0.6) is 5.75 Å². The molecule has 0 aliphatic heterocycles. The van der Waals surface area contributed by atoms with E-state index in [2.05, 4.69) is 44.2 Å². The van der Waals surface area contributed by atoms with E-state index in [1.165, 1.54) is 13.8 Å². The fourth-order valence-corrected chi connectivity index (χ4v) is 4.13. The molecule has 0 atom stereocenters. The third-order valence-electron chi connectivity index (χ3n) is 6.24. The van der Waals surface area contributed by atoms with Crippen LogP contribution in [0.25, 0.3) is 11.1 Å². The molecule has 0 heterocycles. The fraction of sp³-hybridized carbons (Fsp3) is 0.483. The Morgan fingerprint density at radius 3 is 1.97 bits per heavy atom. The summed E-state index contributed by atoms with van der Waals surface area (Å²) in [6.45, 7) is 9.45. The number of primary amides is 1. The highest BCUT2D eigenvalue weighted by atomic mass is 16.5. The van der Waals surface area contributed by atoms with Crippen molar-refractivity contribution in [3.8, 4) is 16.9 Å². The van der Waals surface area contributed by atoms with Crippen LogP contribution in [0.1, 0.15) is 63.1 Å². The van der Waals surface area contributed by atoms with E-state index in [4.69, 9.17) is 19.9 Å². The molecule has 7 heteroatoms. The Kier molecular flexibility index (Phi) is 11.0.